The van der Waals surface area contributed by atoms with Gasteiger partial charge in [0.15, 0.2) is 0 Å². The van der Waals surface area contributed by atoms with Gasteiger partial charge in [0.05, 0.1) is 12.2 Å². The number of ketones is 1. The molecule has 1 aromatic heterocycles. The predicted octanol–water partition coefficient (Wildman–Crippen LogP) is 1.55. The first-order valence-corrected chi connectivity index (χ1v) is 5.97. The first kappa shape index (κ1) is 11.0. The van der Waals surface area contributed by atoms with Gasteiger partial charge in [0.25, 0.3) is 0 Å². The maximum Gasteiger partial charge on any atom is 0.204 e. The van der Waals surface area contributed by atoms with Crippen LogP contribution in [0.3, 0.4) is 0 Å². The number of Topliss-reactive ketones (excluding diaryl/α,β-unsaturated/α-hetero) is 1. The molecule has 4 nitrogen and oxygen atoms in total. The molecule has 2 heterocycles. The van der Waals surface area contributed by atoms with E-state index in [9.17, 15) is 4.79 Å². The zero-order valence-electron chi connectivity index (χ0n) is 9.84. The summed E-state index contributed by atoms with van der Waals surface area (Å²) < 4.78 is 0. The molecule has 3 rings (SSSR count). The second-order valence-corrected chi connectivity index (χ2v) is 4.29. The van der Waals surface area contributed by atoms with Crippen molar-refractivity contribution >= 4 is 5.78 Å². The summed E-state index contributed by atoms with van der Waals surface area (Å²) >= 11 is 0. The van der Waals surface area contributed by atoms with Gasteiger partial charge >= 0.3 is 0 Å². The van der Waals surface area contributed by atoms with Crippen LogP contribution >= 0.6 is 0 Å². The van der Waals surface area contributed by atoms with E-state index >= 15 is 0 Å². The van der Waals surface area contributed by atoms with E-state index in [1.54, 1.807) is 12.4 Å². The van der Waals surface area contributed by atoms with Gasteiger partial charge in [0.2, 0.25) is 5.78 Å². The Bertz CT molecular complexity index is 568. The van der Waals surface area contributed by atoms with Crippen LogP contribution in [0, 0.1) is 0 Å². The first-order chi connectivity index (χ1) is 8.86. The Morgan fingerprint density at radius 3 is 3.00 bits per heavy atom. The normalized spacial score (nSPS) is 18.1. The molecule has 1 unspecified atom stereocenters. The Morgan fingerprint density at radius 1 is 1.28 bits per heavy atom. The first-order valence-electron chi connectivity index (χ1n) is 5.97. The molecule has 4 heteroatoms. The number of benzene rings is 1. The standard InChI is InChI=1S/C14H13N3O/c18-14(12-9-15-7-8-16-12)13-11-4-2-1-3-10(11)5-6-17-13/h1-4,7-9,13,17H,5-6H2. The highest BCUT2D eigenvalue weighted by atomic mass is 16.1. The molecular weight excluding hydrogens is 226 g/mol. The molecule has 0 saturated carbocycles. The van der Waals surface area contributed by atoms with Gasteiger partial charge in [-0.15, -0.1) is 0 Å². The number of nitrogens with one attached hydrogen (secondary N) is 1. The van der Waals surface area contributed by atoms with Crippen molar-refractivity contribution in [3.8, 4) is 0 Å². The number of carbonyl (C=O) groups excluding carboxylic acids is 1. The fourth-order valence-electron chi connectivity index (χ4n) is 2.31. The summed E-state index contributed by atoms with van der Waals surface area (Å²) in [7, 11) is 0. The third-order valence-corrected chi connectivity index (χ3v) is 3.19. The summed E-state index contributed by atoms with van der Waals surface area (Å²) in [5, 5.41) is 3.26. The van der Waals surface area contributed by atoms with Gasteiger partial charge in [-0.3, -0.25) is 9.78 Å². The van der Waals surface area contributed by atoms with Crippen LogP contribution in [0.25, 0.3) is 0 Å². The fourth-order valence-corrected chi connectivity index (χ4v) is 2.31. The monoisotopic (exact) mass is 239 g/mol. The molecule has 0 aliphatic carbocycles. The van der Waals surface area contributed by atoms with E-state index in [4.69, 9.17) is 0 Å². The highest BCUT2D eigenvalue weighted by Gasteiger charge is 2.27. The SMILES string of the molecule is O=C(c1cnccn1)C1NCCc2ccccc21. The van der Waals surface area contributed by atoms with Crippen LogP contribution in [0.1, 0.15) is 27.7 Å². The summed E-state index contributed by atoms with van der Waals surface area (Å²) in [5.41, 5.74) is 2.70. The van der Waals surface area contributed by atoms with Crippen molar-refractivity contribution in [1.29, 1.82) is 0 Å². The Labute approximate surface area is 105 Å². The predicted molar refractivity (Wildman–Crippen MR) is 67.3 cm³/mol. The highest BCUT2D eigenvalue weighted by Crippen LogP contribution is 2.24. The van der Waals surface area contributed by atoms with Crippen LogP contribution in [0.15, 0.2) is 42.9 Å². The smallest absolute Gasteiger partial charge is 0.204 e. The van der Waals surface area contributed by atoms with Crippen LogP contribution in [0.5, 0.6) is 0 Å². The minimum atomic E-state index is -0.299. The van der Waals surface area contributed by atoms with E-state index in [1.807, 2.05) is 18.2 Å². The van der Waals surface area contributed by atoms with Gasteiger partial charge in [-0.25, -0.2) is 4.98 Å². The molecule has 0 fully saturated rings. The quantitative estimate of drug-likeness (QED) is 0.808. The van der Waals surface area contributed by atoms with Crippen LogP contribution in [0.2, 0.25) is 0 Å². The third kappa shape index (κ3) is 1.91. The molecule has 1 N–H and O–H groups in total. The molecule has 90 valence electrons. The molecule has 0 amide bonds. The molecule has 1 aliphatic rings. The summed E-state index contributed by atoms with van der Waals surface area (Å²) in [6.45, 7) is 0.813. The number of rotatable bonds is 2. The Balaban J connectivity index is 1.97. The maximum atomic E-state index is 12.4. The van der Waals surface area contributed by atoms with Crippen molar-refractivity contribution in [3.05, 3.63) is 59.7 Å². The van der Waals surface area contributed by atoms with Crippen molar-refractivity contribution < 1.29 is 4.79 Å². The molecule has 1 aliphatic heterocycles. The lowest BCUT2D eigenvalue weighted by Gasteiger charge is -2.25. The molecule has 2 aromatic rings. The second kappa shape index (κ2) is 4.66. The lowest BCUT2D eigenvalue weighted by molar-refractivity contribution is 0.0934. The van der Waals surface area contributed by atoms with E-state index in [2.05, 4.69) is 21.4 Å². The Morgan fingerprint density at radius 2 is 2.17 bits per heavy atom. The molecule has 1 atom stereocenters. The van der Waals surface area contributed by atoms with Crippen molar-refractivity contribution in [2.45, 2.75) is 12.5 Å². The lowest BCUT2D eigenvalue weighted by atomic mass is 9.91. The summed E-state index contributed by atoms with van der Waals surface area (Å²) in [6, 6.07) is 7.75. The Kier molecular flexibility index (Phi) is 2.86. The third-order valence-electron chi connectivity index (χ3n) is 3.19. The molecule has 0 radical (unpaired) electrons. The number of hydrogen-bond donors (Lipinski definition) is 1. The van der Waals surface area contributed by atoms with Gasteiger partial charge in [-0.05, 0) is 17.5 Å². The van der Waals surface area contributed by atoms with Crippen LogP contribution in [-0.4, -0.2) is 22.3 Å². The van der Waals surface area contributed by atoms with Gasteiger partial charge in [-0.2, -0.15) is 0 Å². The van der Waals surface area contributed by atoms with Crippen molar-refractivity contribution in [2.75, 3.05) is 6.54 Å². The zero-order valence-corrected chi connectivity index (χ0v) is 9.84. The van der Waals surface area contributed by atoms with E-state index in [0.29, 0.717) is 5.69 Å². The van der Waals surface area contributed by atoms with Crippen molar-refractivity contribution in [2.24, 2.45) is 0 Å². The topological polar surface area (TPSA) is 54.9 Å². The van der Waals surface area contributed by atoms with Crippen LogP contribution in [-0.2, 0) is 6.42 Å². The Hall–Kier alpha value is -2.07. The van der Waals surface area contributed by atoms with Gasteiger partial charge in [0.1, 0.15) is 5.69 Å². The summed E-state index contributed by atoms with van der Waals surface area (Å²) in [6.07, 6.45) is 5.59. The average molecular weight is 239 g/mol. The van der Waals surface area contributed by atoms with Crippen LogP contribution < -0.4 is 5.32 Å². The maximum absolute atomic E-state index is 12.4. The molecule has 0 spiro atoms. The minimum absolute atomic E-state index is 0.0183. The van der Waals surface area contributed by atoms with E-state index in [-0.39, 0.29) is 11.8 Å². The zero-order chi connectivity index (χ0) is 12.4. The molecule has 0 bridgehead atoms. The number of hydrogen-bond acceptors (Lipinski definition) is 4. The lowest BCUT2D eigenvalue weighted by Crippen LogP contribution is -2.35. The minimum Gasteiger partial charge on any atom is -0.303 e. The average Bonchev–Trinajstić information content (AvgIpc) is 2.47. The van der Waals surface area contributed by atoms with E-state index in [0.717, 1.165) is 18.5 Å². The summed E-state index contributed by atoms with van der Waals surface area (Å²) in [4.78, 5) is 20.4. The largest absolute Gasteiger partial charge is 0.303 e. The number of nitrogens with zero attached hydrogens (tertiary/aromatic N) is 2. The van der Waals surface area contributed by atoms with E-state index in [1.165, 1.54) is 11.8 Å². The number of carbonyl (C=O) groups is 1. The van der Waals surface area contributed by atoms with Crippen molar-refractivity contribution in [3.63, 3.8) is 0 Å². The highest BCUT2D eigenvalue weighted by molar-refractivity contribution is 5.99. The van der Waals surface area contributed by atoms with Gasteiger partial charge in [-0.1, -0.05) is 24.3 Å². The molecule has 18 heavy (non-hydrogen) atoms. The summed E-state index contributed by atoms with van der Waals surface area (Å²) in [5.74, 6) is -0.0183. The number of fused-ring (bicyclic) bond motifs is 1. The number of aromatic nitrogens is 2. The molecule has 1 aromatic carbocycles. The second-order valence-electron chi connectivity index (χ2n) is 4.29. The van der Waals surface area contributed by atoms with Crippen LogP contribution in [0.4, 0.5) is 0 Å². The van der Waals surface area contributed by atoms with E-state index < -0.39 is 0 Å². The van der Waals surface area contributed by atoms with Crippen molar-refractivity contribution in [1.82, 2.24) is 15.3 Å². The van der Waals surface area contributed by atoms with Gasteiger partial charge < -0.3 is 5.32 Å². The van der Waals surface area contributed by atoms with Gasteiger partial charge in [0, 0.05) is 18.9 Å². The molecular formula is C14H13N3O. The molecule has 0 saturated heterocycles. The fraction of sp³-hybridized carbons (Fsp3) is 0.214.